The van der Waals surface area contributed by atoms with E-state index in [1.54, 1.807) is 24.3 Å². The minimum Gasteiger partial charge on any atom is -0.406 e. The van der Waals surface area contributed by atoms with E-state index in [4.69, 9.17) is 11.6 Å². The molecule has 1 fully saturated rings. The molecule has 1 heterocycles. The van der Waals surface area contributed by atoms with E-state index < -0.39 is 18.3 Å². The third kappa shape index (κ3) is 5.16. The number of ether oxygens (including phenoxy) is 1. The maximum Gasteiger partial charge on any atom is 0.573 e. The summed E-state index contributed by atoms with van der Waals surface area (Å²) in [6.07, 6.45) is -4.69. The zero-order valence-corrected chi connectivity index (χ0v) is 15.2. The van der Waals surface area contributed by atoms with Gasteiger partial charge in [-0.2, -0.15) is 0 Å². The molecule has 9 heteroatoms. The zero-order valence-electron chi connectivity index (χ0n) is 14.4. The van der Waals surface area contributed by atoms with Crippen molar-refractivity contribution < 1.29 is 27.5 Å². The van der Waals surface area contributed by atoms with Crippen molar-refractivity contribution in [2.45, 2.75) is 18.8 Å². The van der Waals surface area contributed by atoms with Crippen LogP contribution in [0.2, 0.25) is 5.02 Å². The Bertz CT molecular complexity index is 854. The average Bonchev–Trinajstić information content (AvgIpc) is 3.06. The summed E-state index contributed by atoms with van der Waals surface area (Å²) in [6, 6.07) is 11.3. The fourth-order valence-electron chi connectivity index (χ4n) is 2.93. The normalized spacial score (nSPS) is 17.7. The first-order chi connectivity index (χ1) is 13.2. The van der Waals surface area contributed by atoms with Gasteiger partial charge in [0.15, 0.2) is 0 Å². The van der Waals surface area contributed by atoms with Crippen molar-refractivity contribution in [3.63, 3.8) is 0 Å². The highest BCUT2D eigenvalue weighted by Gasteiger charge is 2.32. The second-order valence-electron chi connectivity index (χ2n) is 6.32. The molecule has 2 N–H and O–H groups in total. The lowest BCUT2D eigenvalue weighted by Gasteiger charge is -2.22. The van der Waals surface area contributed by atoms with Crippen molar-refractivity contribution in [2.24, 2.45) is 5.92 Å². The maximum absolute atomic E-state index is 12.6. The lowest BCUT2D eigenvalue weighted by molar-refractivity contribution is -0.274. The van der Waals surface area contributed by atoms with Gasteiger partial charge in [0.05, 0.1) is 12.0 Å². The monoisotopic (exact) mass is 412 g/mol. The molecular weight excluding hydrogens is 397 g/mol. The van der Waals surface area contributed by atoms with Gasteiger partial charge in [0.1, 0.15) is 5.75 Å². The quantitative estimate of drug-likeness (QED) is 0.788. The van der Waals surface area contributed by atoms with Gasteiger partial charge in [0.25, 0.3) is 0 Å². The molecule has 1 aliphatic heterocycles. The van der Waals surface area contributed by atoms with E-state index in [0.717, 1.165) is 0 Å². The summed E-state index contributed by atoms with van der Waals surface area (Å²) in [5, 5.41) is 5.97. The summed E-state index contributed by atoms with van der Waals surface area (Å²) in [5.74, 6) is -1.39. The van der Waals surface area contributed by atoms with Gasteiger partial charge >= 0.3 is 6.36 Å². The van der Waals surface area contributed by atoms with Crippen LogP contribution in [0.5, 0.6) is 5.75 Å². The standard InChI is InChI=1S/C19H16ClF3N2O3/c20-14-5-1-11(2-6-14)17(25-18(27)13-9-16(26)24-10-13)12-3-7-15(8-4-12)28-19(21,22)23/h1-8,13,17H,9-10H2,(H,24,26)(H,25,27)/t13?,17-/m1/s1. The topological polar surface area (TPSA) is 67.4 Å². The van der Waals surface area contributed by atoms with E-state index in [9.17, 15) is 22.8 Å². The van der Waals surface area contributed by atoms with Gasteiger partial charge in [0, 0.05) is 18.0 Å². The smallest absolute Gasteiger partial charge is 0.406 e. The van der Waals surface area contributed by atoms with Gasteiger partial charge in [0.2, 0.25) is 11.8 Å². The number of carbonyl (C=O) groups excluding carboxylic acids is 2. The Morgan fingerprint density at radius 2 is 1.68 bits per heavy atom. The van der Waals surface area contributed by atoms with Gasteiger partial charge in [-0.3, -0.25) is 9.59 Å². The Hall–Kier alpha value is -2.74. The molecule has 28 heavy (non-hydrogen) atoms. The van der Waals surface area contributed by atoms with Gasteiger partial charge in [-0.05, 0) is 35.4 Å². The Labute approximate surface area is 163 Å². The summed E-state index contributed by atoms with van der Waals surface area (Å²) < 4.78 is 40.9. The molecular formula is C19H16ClF3N2O3. The summed E-state index contributed by atoms with van der Waals surface area (Å²) in [5.41, 5.74) is 1.25. The molecule has 1 saturated heterocycles. The van der Waals surface area contributed by atoms with Crippen molar-refractivity contribution in [1.29, 1.82) is 0 Å². The molecule has 2 amide bonds. The first kappa shape index (κ1) is 20.0. The van der Waals surface area contributed by atoms with Crippen LogP contribution >= 0.6 is 11.6 Å². The Balaban J connectivity index is 1.84. The van der Waals surface area contributed by atoms with E-state index in [2.05, 4.69) is 15.4 Å². The fraction of sp³-hybridized carbons (Fsp3) is 0.263. The molecule has 0 radical (unpaired) electrons. The van der Waals surface area contributed by atoms with Crippen LogP contribution in [0.1, 0.15) is 23.6 Å². The number of benzene rings is 2. The molecule has 3 rings (SSSR count). The van der Waals surface area contributed by atoms with Crippen LogP contribution in [0.4, 0.5) is 13.2 Å². The molecule has 2 aromatic rings. The van der Waals surface area contributed by atoms with Crippen LogP contribution in [-0.4, -0.2) is 24.7 Å². The summed E-state index contributed by atoms with van der Waals surface area (Å²) >= 11 is 5.91. The second-order valence-corrected chi connectivity index (χ2v) is 6.75. The van der Waals surface area contributed by atoms with E-state index in [1.807, 2.05) is 0 Å². The number of amides is 2. The first-order valence-corrected chi connectivity index (χ1v) is 8.77. The first-order valence-electron chi connectivity index (χ1n) is 8.39. The number of hydrogen-bond acceptors (Lipinski definition) is 3. The number of rotatable bonds is 5. The highest BCUT2D eigenvalue weighted by Crippen LogP contribution is 2.28. The molecule has 148 valence electrons. The van der Waals surface area contributed by atoms with Gasteiger partial charge in [-0.1, -0.05) is 35.9 Å². The van der Waals surface area contributed by atoms with Crippen LogP contribution < -0.4 is 15.4 Å². The van der Waals surface area contributed by atoms with E-state index >= 15 is 0 Å². The van der Waals surface area contributed by atoms with Crippen molar-refractivity contribution in [2.75, 3.05) is 6.54 Å². The van der Waals surface area contributed by atoms with Crippen LogP contribution in [0.15, 0.2) is 48.5 Å². The molecule has 0 aromatic heterocycles. The lowest BCUT2D eigenvalue weighted by Crippen LogP contribution is -2.35. The molecule has 2 atom stereocenters. The summed E-state index contributed by atoms with van der Waals surface area (Å²) in [7, 11) is 0. The third-order valence-corrected chi connectivity index (χ3v) is 4.54. The highest BCUT2D eigenvalue weighted by atomic mass is 35.5. The number of nitrogens with one attached hydrogen (secondary N) is 2. The molecule has 0 saturated carbocycles. The third-order valence-electron chi connectivity index (χ3n) is 4.29. The average molecular weight is 413 g/mol. The van der Waals surface area contributed by atoms with E-state index in [1.165, 1.54) is 24.3 Å². The SMILES string of the molecule is O=C1CC(C(=O)N[C@H](c2ccc(Cl)cc2)c2ccc(OC(F)(F)F)cc2)CN1. The molecule has 0 bridgehead atoms. The van der Waals surface area contributed by atoms with E-state index in [-0.39, 0.29) is 30.5 Å². The lowest BCUT2D eigenvalue weighted by atomic mass is 9.97. The van der Waals surface area contributed by atoms with Crippen LogP contribution in [0, 0.1) is 5.92 Å². The minimum absolute atomic E-state index is 0.0948. The summed E-state index contributed by atoms with van der Waals surface area (Å²) in [6.45, 7) is 0.246. The predicted molar refractivity (Wildman–Crippen MR) is 95.7 cm³/mol. The van der Waals surface area contributed by atoms with Crippen molar-refractivity contribution in [1.82, 2.24) is 10.6 Å². The summed E-state index contributed by atoms with van der Waals surface area (Å²) in [4.78, 5) is 23.9. The van der Waals surface area contributed by atoms with E-state index in [0.29, 0.717) is 16.1 Å². The van der Waals surface area contributed by atoms with Crippen LogP contribution in [-0.2, 0) is 9.59 Å². The van der Waals surface area contributed by atoms with Gasteiger partial charge in [-0.15, -0.1) is 13.2 Å². The number of carbonyl (C=O) groups is 2. The number of alkyl halides is 3. The van der Waals surface area contributed by atoms with Crippen molar-refractivity contribution in [3.05, 3.63) is 64.7 Å². The Morgan fingerprint density at radius 3 is 2.18 bits per heavy atom. The highest BCUT2D eigenvalue weighted by molar-refractivity contribution is 6.30. The molecule has 5 nitrogen and oxygen atoms in total. The number of halogens is 4. The Morgan fingerprint density at radius 1 is 1.11 bits per heavy atom. The van der Waals surface area contributed by atoms with Gasteiger partial charge in [-0.25, -0.2) is 0 Å². The van der Waals surface area contributed by atoms with Crippen molar-refractivity contribution >= 4 is 23.4 Å². The number of hydrogen-bond donors (Lipinski definition) is 2. The molecule has 0 spiro atoms. The predicted octanol–water partition coefficient (Wildman–Crippen LogP) is 3.58. The van der Waals surface area contributed by atoms with Crippen LogP contribution in [0.25, 0.3) is 0 Å². The zero-order chi connectivity index (χ0) is 20.3. The molecule has 2 aromatic carbocycles. The molecule has 1 unspecified atom stereocenters. The molecule has 1 aliphatic rings. The largest absolute Gasteiger partial charge is 0.573 e. The molecule has 0 aliphatic carbocycles. The minimum atomic E-state index is -4.78. The van der Waals surface area contributed by atoms with Gasteiger partial charge < -0.3 is 15.4 Å². The maximum atomic E-state index is 12.6. The Kier molecular flexibility index (Phi) is 5.79. The fourth-order valence-corrected chi connectivity index (χ4v) is 3.05. The van der Waals surface area contributed by atoms with Crippen LogP contribution in [0.3, 0.4) is 0 Å². The van der Waals surface area contributed by atoms with Crippen molar-refractivity contribution in [3.8, 4) is 5.75 Å². The second kappa shape index (κ2) is 8.10.